The van der Waals surface area contributed by atoms with Gasteiger partial charge in [0.1, 0.15) is 6.61 Å². The Morgan fingerprint density at radius 3 is 3.00 bits per heavy atom. The molecule has 0 aliphatic carbocycles. The number of esters is 1. The predicted octanol–water partition coefficient (Wildman–Crippen LogP) is 3.15. The van der Waals surface area contributed by atoms with Crippen LogP contribution < -0.4 is 5.56 Å². The second-order valence-electron chi connectivity index (χ2n) is 4.79. The molecule has 3 aromatic rings. The summed E-state index contributed by atoms with van der Waals surface area (Å²) in [7, 11) is 0. The van der Waals surface area contributed by atoms with Crippen molar-refractivity contribution in [3.8, 4) is 0 Å². The lowest BCUT2D eigenvalue weighted by Gasteiger charge is -2.01. The van der Waals surface area contributed by atoms with Crippen molar-refractivity contribution in [2.45, 2.75) is 19.3 Å². The standard InChI is InChI=1S/C14H12ClN3O3S3/c1-8-4-12(19)18-14(16-8)24-11(17-18)5-21-13(20)7-22-6-9-2-3-10(15)23-9/h2-4H,5-7H2,1H3. The Bertz CT molecular complexity index is 934. The van der Waals surface area contributed by atoms with E-state index < -0.39 is 0 Å². The molecule has 0 atom stereocenters. The van der Waals surface area contributed by atoms with Crippen LogP contribution in [0, 0.1) is 6.92 Å². The second-order valence-corrected chi connectivity index (χ2v) is 8.61. The molecular formula is C14H12ClN3O3S3. The first-order chi connectivity index (χ1) is 11.5. The van der Waals surface area contributed by atoms with Gasteiger partial charge in [-0.1, -0.05) is 22.9 Å². The fraction of sp³-hybridized carbons (Fsp3) is 0.286. The van der Waals surface area contributed by atoms with Gasteiger partial charge in [0.2, 0.25) is 4.96 Å². The van der Waals surface area contributed by atoms with Crippen molar-refractivity contribution in [1.29, 1.82) is 0 Å². The van der Waals surface area contributed by atoms with E-state index in [4.69, 9.17) is 16.3 Å². The van der Waals surface area contributed by atoms with Crippen LogP contribution in [0.5, 0.6) is 0 Å². The molecule has 6 nitrogen and oxygen atoms in total. The number of carbonyl (C=O) groups excluding carboxylic acids is 1. The average molecular weight is 402 g/mol. The molecule has 0 aliphatic rings. The molecule has 0 aliphatic heterocycles. The summed E-state index contributed by atoms with van der Waals surface area (Å²) < 4.78 is 7.15. The molecule has 0 saturated heterocycles. The lowest BCUT2D eigenvalue weighted by molar-refractivity contribution is -0.141. The van der Waals surface area contributed by atoms with Gasteiger partial charge in [0, 0.05) is 22.4 Å². The van der Waals surface area contributed by atoms with Crippen molar-refractivity contribution in [3.63, 3.8) is 0 Å². The summed E-state index contributed by atoms with van der Waals surface area (Å²) in [5.41, 5.74) is 0.397. The molecule has 3 heterocycles. The van der Waals surface area contributed by atoms with Gasteiger partial charge in [-0.3, -0.25) is 9.59 Å². The maximum atomic E-state index is 11.8. The third-order valence-corrected chi connectivity index (χ3v) is 6.12. The zero-order valence-corrected chi connectivity index (χ0v) is 15.7. The summed E-state index contributed by atoms with van der Waals surface area (Å²) in [5, 5.41) is 4.65. The van der Waals surface area contributed by atoms with Gasteiger partial charge in [0.15, 0.2) is 5.01 Å². The Hall–Kier alpha value is -1.42. The smallest absolute Gasteiger partial charge is 0.316 e. The Balaban J connectivity index is 1.51. The van der Waals surface area contributed by atoms with Crippen LogP contribution in [0.4, 0.5) is 0 Å². The number of thiophene rings is 1. The molecule has 0 aromatic carbocycles. The quantitative estimate of drug-likeness (QED) is 0.591. The minimum atomic E-state index is -0.321. The van der Waals surface area contributed by atoms with E-state index in [2.05, 4.69) is 10.1 Å². The number of ether oxygens (including phenoxy) is 1. The lowest BCUT2D eigenvalue weighted by Crippen LogP contribution is -2.14. The largest absolute Gasteiger partial charge is 0.458 e. The van der Waals surface area contributed by atoms with Crippen LogP contribution in [0.3, 0.4) is 0 Å². The zero-order chi connectivity index (χ0) is 17.1. The van der Waals surface area contributed by atoms with Crippen LogP contribution >= 0.6 is 46.0 Å². The Kier molecular flexibility index (Phi) is 5.54. The monoisotopic (exact) mass is 401 g/mol. The summed E-state index contributed by atoms with van der Waals surface area (Å²) in [6.45, 7) is 1.79. The highest BCUT2D eigenvalue weighted by Gasteiger charge is 2.10. The average Bonchev–Trinajstić information content (AvgIpc) is 3.11. The lowest BCUT2D eigenvalue weighted by atomic mass is 10.5. The summed E-state index contributed by atoms with van der Waals surface area (Å²) in [6, 6.07) is 5.19. The number of nitrogens with zero attached hydrogens (tertiary/aromatic N) is 3. The van der Waals surface area contributed by atoms with Gasteiger partial charge in [-0.25, -0.2) is 4.98 Å². The highest BCUT2D eigenvalue weighted by molar-refractivity contribution is 7.99. The molecule has 0 amide bonds. The molecule has 0 fully saturated rings. The number of hydrogen-bond donors (Lipinski definition) is 0. The van der Waals surface area contributed by atoms with Gasteiger partial charge in [-0.15, -0.1) is 23.1 Å². The van der Waals surface area contributed by atoms with Crippen molar-refractivity contribution < 1.29 is 9.53 Å². The van der Waals surface area contributed by atoms with E-state index in [1.165, 1.54) is 45.0 Å². The number of carbonyl (C=O) groups is 1. The molecule has 10 heteroatoms. The molecule has 3 rings (SSSR count). The van der Waals surface area contributed by atoms with Crippen molar-refractivity contribution in [2.75, 3.05) is 5.75 Å². The highest BCUT2D eigenvalue weighted by atomic mass is 35.5. The van der Waals surface area contributed by atoms with Crippen molar-refractivity contribution in [1.82, 2.24) is 14.6 Å². The fourth-order valence-corrected chi connectivity index (χ4v) is 4.74. The minimum absolute atomic E-state index is 0.0384. The maximum Gasteiger partial charge on any atom is 0.316 e. The van der Waals surface area contributed by atoms with Crippen LogP contribution in [0.2, 0.25) is 4.34 Å². The number of rotatable bonds is 6. The first kappa shape index (κ1) is 17.4. The summed E-state index contributed by atoms with van der Waals surface area (Å²) in [6.07, 6.45) is 0. The van der Waals surface area contributed by atoms with Gasteiger partial charge in [-0.05, 0) is 19.1 Å². The van der Waals surface area contributed by atoms with Gasteiger partial charge < -0.3 is 4.74 Å². The second kappa shape index (κ2) is 7.64. The Morgan fingerprint density at radius 1 is 1.42 bits per heavy atom. The first-order valence-corrected chi connectivity index (χ1v) is 10.0. The fourth-order valence-electron chi connectivity index (χ4n) is 1.87. The Labute approximate surface area is 154 Å². The normalized spacial score (nSPS) is 11.1. The van der Waals surface area contributed by atoms with Gasteiger partial charge >= 0.3 is 5.97 Å². The van der Waals surface area contributed by atoms with E-state index in [0.717, 1.165) is 9.21 Å². The van der Waals surface area contributed by atoms with E-state index in [1.54, 1.807) is 6.92 Å². The summed E-state index contributed by atoms with van der Waals surface area (Å²) >= 11 is 10.1. The number of hydrogen-bond acceptors (Lipinski definition) is 8. The van der Waals surface area contributed by atoms with Crippen LogP contribution in [0.1, 0.15) is 15.6 Å². The minimum Gasteiger partial charge on any atom is -0.458 e. The van der Waals surface area contributed by atoms with Crippen LogP contribution in [-0.2, 0) is 21.9 Å². The van der Waals surface area contributed by atoms with Gasteiger partial charge in [-0.2, -0.15) is 9.61 Å². The topological polar surface area (TPSA) is 73.6 Å². The first-order valence-electron chi connectivity index (χ1n) is 6.85. The number of aryl methyl sites for hydroxylation is 1. The molecule has 0 unspecified atom stereocenters. The SMILES string of the molecule is Cc1cc(=O)n2nc(COC(=O)CSCc3ccc(Cl)s3)sc2n1. The van der Waals surface area contributed by atoms with Crippen LogP contribution in [0.15, 0.2) is 23.0 Å². The van der Waals surface area contributed by atoms with Crippen LogP contribution in [-0.4, -0.2) is 26.3 Å². The third kappa shape index (κ3) is 4.35. The van der Waals surface area contributed by atoms with E-state index in [-0.39, 0.29) is 23.9 Å². The number of thioether (sulfide) groups is 1. The van der Waals surface area contributed by atoms with E-state index in [0.29, 0.717) is 21.4 Å². The molecule has 126 valence electrons. The molecule has 0 saturated carbocycles. The zero-order valence-electron chi connectivity index (χ0n) is 12.5. The summed E-state index contributed by atoms with van der Waals surface area (Å²) in [5.74, 6) is 0.641. The number of fused-ring (bicyclic) bond motifs is 1. The van der Waals surface area contributed by atoms with E-state index in [1.807, 2.05) is 12.1 Å². The number of aromatic nitrogens is 3. The van der Waals surface area contributed by atoms with E-state index in [9.17, 15) is 9.59 Å². The van der Waals surface area contributed by atoms with Crippen LogP contribution in [0.25, 0.3) is 4.96 Å². The number of halogens is 1. The molecule has 3 aromatic heterocycles. The Morgan fingerprint density at radius 2 is 2.25 bits per heavy atom. The van der Waals surface area contributed by atoms with Crippen molar-refractivity contribution >= 4 is 57.0 Å². The molecule has 0 N–H and O–H groups in total. The van der Waals surface area contributed by atoms with Gasteiger partial charge in [0.25, 0.3) is 5.56 Å². The molecule has 0 spiro atoms. The molecule has 0 bridgehead atoms. The molecular weight excluding hydrogens is 390 g/mol. The maximum absolute atomic E-state index is 11.8. The molecule has 0 radical (unpaired) electrons. The molecule has 24 heavy (non-hydrogen) atoms. The third-order valence-electron chi connectivity index (χ3n) is 2.86. The highest BCUT2D eigenvalue weighted by Crippen LogP contribution is 2.25. The summed E-state index contributed by atoms with van der Waals surface area (Å²) in [4.78, 5) is 29.4. The van der Waals surface area contributed by atoms with Crippen molar-refractivity contribution in [3.05, 3.63) is 48.5 Å². The van der Waals surface area contributed by atoms with Crippen molar-refractivity contribution in [2.24, 2.45) is 0 Å². The van der Waals surface area contributed by atoms with E-state index >= 15 is 0 Å². The van der Waals surface area contributed by atoms with Gasteiger partial charge in [0.05, 0.1) is 10.1 Å². The predicted molar refractivity (Wildman–Crippen MR) is 97.2 cm³/mol.